The van der Waals surface area contributed by atoms with E-state index in [9.17, 15) is 4.79 Å². The molecule has 0 N–H and O–H groups in total. The van der Waals surface area contributed by atoms with Crippen LogP contribution in [0.4, 0.5) is 0 Å². The maximum atomic E-state index is 12.0. The van der Waals surface area contributed by atoms with Crippen molar-refractivity contribution in [3.05, 3.63) is 23.6 Å². The number of methoxy groups -OCH3 is 1. The van der Waals surface area contributed by atoms with Crippen LogP contribution in [-0.4, -0.2) is 71.6 Å². The molecule has 0 spiro atoms. The van der Waals surface area contributed by atoms with Gasteiger partial charge in [0.2, 0.25) is 5.91 Å². The van der Waals surface area contributed by atoms with E-state index in [1.54, 1.807) is 7.11 Å². The van der Waals surface area contributed by atoms with Crippen molar-refractivity contribution in [2.45, 2.75) is 37.8 Å². The van der Waals surface area contributed by atoms with Crippen molar-refractivity contribution in [2.75, 3.05) is 33.8 Å². The summed E-state index contributed by atoms with van der Waals surface area (Å²) in [6.07, 6.45) is 5.52. The number of likely N-dealkylation sites (N-methyl/N-ethyl adjacent to an activating group) is 1. The van der Waals surface area contributed by atoms with Crippen LogP contribution in [0.3, 0.4) is 0 Å². The van der Waals surface area contributed by atoms with E-state index in [1.807, 2.05) is 24.1 Å². The summed E-state index contributed by atoms with van der Waals surface area (Å²) in [6.45, 7) is 2.30. The Morgan fingerprint density at radius 1 is 1.10 bits per heavy atom. The van der Waals surface area contributed by atoms with Gasteiger partial charge in [-0.2, -0.15) is 0 Å². The lowest BCUT2D eigenvalue weighted by molar-refractivity contribution is -0.135. The van der Waals surface area contributed by atoms with E-state index >= 15 is 0 Å². The van der Waals surface area contributed by atoms with Crippen LogP contribution in [-0.2, 0) is 4.79 Å². The maximum Gasteiger partial charge on any atom is 0.236 e. The molecule has 1 aromatic heterocycles. The van der Waals surface area contributed by atoms with Gasteiger partial charge in [0, 0.05) is 37.6 Å². The van der Waals surface area contributed by atoms with E-state index in [0.717, 1.165) is 49.7 Å². The predicted octanol–water partition coefficient (Wildman–Crippen LogP) is 3.18. The number of hydrogen-bond acceptors (Lipinski definition) is 6. The molecular weight excluding hydrogens is 415 g/mol. The second kappa shape index (κ2) is 9.32. The van der Waals surface area contributed by atoms with Gasteiger partial charge in [0.25, 0.3) is 0 Å². The Balaban J connectivity index is 0.00000240. The van der Waals surface area contributed by atoms with E-state index in [0.29, 0.717) is 29.2 Å². The van der Waals surface area contributed by atoms with Crippen molar-refractivity contribution < 1.29 is 14.3 Å². The highest BCUT2D eigenvalue weighted by Gasteiger charge is 2.31. The Hall–Kier alpha value is -1.83. The third kappa shape index (κ3) is 4.68. The summed E-state index contributed by atoms with van der Waals surface area (Å²) < 4.78 is 11.8. The summed E-state index contributed by atoms with van der Waals surface area (Å²) in [5, 5.41) is 1.16. The van der Waals surface area contributed by atoms with Crippen LogP contribution in [0, 0.1) is 0 Å². The van der Waals surface area contributed by atoms with Gasteiger partial charge in [0.05, 0.1) is 25.3 Å². The molecular formula is C20H26Cl2N4O3. The Kier molecular flexibility index (Phi) is 7.03. The molecule has 1 amide bonds. The monoisotopic (exact) mass is 440 g/mol. The summed E-state index contributed by atoms with van der Waals surface area (Å²) in [5.74, 6) is 1.53. The van der Waals surface area contributed by atoms with Crippen LogP contribution in [0.5, 0.6) is 11.5 Å². The second-order valence-electron chi connectivity index (χ2n) is 7.52. The van der Waals surface area contributed by atoms with Crippen molar-refractivity contribution in [3.63, 3.8) is 0 Å². The second-order valence-corrected chi connectivity index (χ2v) is 7.88. The lowest BCUT2D eigenvalue weighted by atomic mass is 9.91. The van der Waals surface area contributed by atoms with E-state index in [2.05, 4.69) is 14.9 Å². The van der Waals surface area contributed by atoms with Crippen LogP contribution >= 0.6 is 24.0 Å². The van der Waals surface area contributed by atoms with Crippen molar-refractivity contribution in [1.29, 1.82) is 0 Å². The van der Waals surface area contributed by atoms with Crippen LogP contribution in [0.2, 0.25) is 5.15 Å². The van der Waals surface area contributed by atoms with Gasteiger partial charge >= 0.3 is 0 Å². The average Bonchev–Trinajstić information content (AvgIpc) is 2.71. The quantitative estimate of drug-likeness (QED) is 0.680. The molecule has 29 heavy (non-hydrogen) atoms. The number of ether oxygens (including phenoxy) is 2. The van der Waals surface area contributed by atoms with Gasteiger partial charge in [0.15, 0.2) is 11.5 Å². The highest BCUT2D eigenvalue weighted by Crippen LogP contribution is 2.36. The molecule has 2 aromatic rings. The average molecular weight is 441 g/mol. The Morgan fingerprint density at radius 2 is 1.86 bits per heavy atom. The first-order chi connectivity index (χ1) is 13.5. The number of carbonyl (C=O) groups is 1. The number of rotatable bonds is 4. The lowest BCUT2D eigenvalue weighted by Crippen LogP contribution is -2.53. The fourth-order valence-electron chi connectivity index (χ4n) is 4.08. The van der Waals surface area contributed by atoms with Gasteiger partial charge in [-0.05, 0) is 31.7 Å². The third-order valence-electron chi connectivity index (χ3n) is 5.81. The molecule has 1 aliphatic heterocycles. The fraction of sp³-hybridized carbons (Fsp3) is 0.550. The van der Waals surface area contributed by atoms with Crippen LogP contribution < -0.4 is 9.47 Å². The van der Waals surface area contributed by atoms with E-state index in [1.165, 1.54) is 6.33 Å². The molecule has 9 heteroatoms. The zero-order valence-corrected chi connectivity index (χ0v) is 18.2. The molecule has 0 unspecified atom stereocenters. The minimum atomic E-state index is 0. The van der Waals surface area contributed by atoms with Gasteiger partial charge in [-0.3, -0.25) is 9.69 Å². The maximum absolute atomic E-state index is 12.0. The number of amides is 1. The van der Waals surface area contributed by atoms with Gasteiger partial charge in [0.1, 0.15) is 11.5 Å². The van der Waals surface area contributed by atoms with Gasteiger partial charge in [-0.1, -0.05) is 11.6 Å². The molecule has 158 valence electrons. The lowest BCUT2D eigenvalue weighted by Gasteiger charge is -2.40. The van der Waals surface area contributed by atoms with Crippen molar-refractivity contribution in [1.82, 2.24) is 19.8 Å². The van der Waals surface area contributed by atoms with Crippen LogP contribution in [0.1, 0.15) is 25.7 Å². The molecule has 0 radical (unpaired) electrons. The number of hydrogen-bond donors (Lipinski definition) is 0. The van der Waals surface area contributed by atoms with Gasteiger partial charge in [-0.15, -0.1) is 12.4 Å². The zero-order valence-electron chi connectivity index (χ0n) is 16.6. The Morgan fingerprint density at radius 3 is 2.55 bits per heavy atom. The molecule has 1 aromatic carbocycles. The molecule has 0 bridgehead atoms. The summed E-state index contributed by atoms with van der Waals surface area (Å²) in [4.78, 5) is 24.4. The third-order valence-corrected chi connectivity index (χ3v) is 6.11. The van der Waals surface area contributed by atoms with Gasteiger partial charge < -0.3 is 14.4 Å². The zero-order chi connectivity index (χ0) is 19.7. The first kappa shape index (κ1) is 21.9. The SMILES string of the molecule is COc1cc2ncnc(Cl)c2cc1OC1CCC(N2CCN(C)C(=O)C2)CC1.Cl. The molecule has 7 nitrogen and oxygen atoms in total. The summed E-state index contributed by atoms with van der Waals surface area (Å²) >= 11 is 6.21. The summed E-state index contributed by atoms with van der Waals surface area (Å²) in [6, 6.07) is 4.15. The van der Waals surface area contributed by atoms with Gasteiger partial charge in [-0.25, -0.2) is 9.97 Å². The Labute approximate surface area is 181 Å². The summed E-state index contributed by atoms with van der Waals surface area (Å²) in [5.41, 5.74) is 0.729. The number of fused-ring (bicyclic) bond motifs is 1. The van der Waals surface area contributed by atoms with Crippen molar-refractivity contribution >= 4 is 40.8 Å². The van der Waals surface area contributed by atoms with Crippen molar-refractivity contribution in [3.8, 4) is 11.5 Å². The fourth-order valence-corrected chi connectivity index (χ4v) is 4.28. The highest BCUT2D eigenvalue weighted by atomic mass is 35.5. The molecule has 1 saturated heterocycles. The molecule has 2 fully saturated rings. The molecule has 1 saturated carbocycles. The smallest absolute Gasteiger partial charge is 0.236 e. The van der Waals surface area contributed by atoms with Crippen molar-refractivity contribution in [2.24, 2.45) is 0 Å². The summed E-state index contributed by atoms with van der Waals surface area (Å²) in [7, 11) is 3.50. The minimum Gasteiger partial charge on any atom is -0.493 e. The highest BCUT2D eigenvalue weighted by molar-refractivity contribution is 6.34. The molecule has 1 aliphatic carbocycles. The Bertz CT molecular complexity index is 874. The molecule has 2 aliphatic rings. The van der Waals surface area contributed by atoms with Crippen LogP contribution in [0.25, 0.3) is 10.9 Å². The number of carbonyl (C=O) groups excluding carboxylic acids is 1. The number of halogens is 2. The number of nitrogens with zero attached hydrogens (tertiary/aromatic N) is 4. The molecule has 0 atom stereocenters. The first-order valence-corrected chi connectivity index (χ1v) is 10.1. The first-order valence-electron chi connectivity index (χ1n) is 9.68. The van der Waals surface area contributed by atoms with E-state index in [-0.39, 0.29) is 24.4 Å². The van der Waals surface area contributed by atoms with Crippen LogP contribution in [0.15, 0.2) is 18.5 Å². The molecule has 2 heterocycles. The van der Waals surface area contributed by atoms with E-state index < -0.39 is 0 Å². The standard InChI is InChI=1S/C20H25ClN4O3.ClH/c1-24-7-8-25(11-19(24)26)13-3-5-14(6-4-13)28-18-9-15-16(10-17(18)27-2)22-12-23-20(15)21;/h9-10,12-14H,3-8,11H2,1-2H3;1H. The predicted molar refractivity (Wildman–Crippen MR) is 114 cm³/mol. The minimum absolute atomic E-state index is 0. The van der Waals surface area contributed by atoms with E-state index in [4.69, 9.17) is 21.1 Å². The number of benzene rings is 1. The number of aromatic nitrogens is 2. The normalized spacial score (nSPS) is 23.0. The number of piperazine rings is 1. The largest absolute Gasteiger partial charge is 0.493 e. The molecule has 4 rings (SSSR count). The topological polar surface area (TPSA) is 67.8 Å².